The molecule has 144 valence electrons. The molecule has 1 aliphatic rings. The minimum atomic E-state index is -0.424. The van der Waals surface area contributed by atoms with Gasteiger partial charge in [0.25, 0.3) is 5.69 Å². The molecule has 2 aromatic rings. The highest BCUT2D eigenvalue weighted by molar-refractivity contribution is 5.48. The quantitative estimate of drug-likeness (QED) is 0.572. The summed E-state index contributed by atoms with van der Waals surface area (Å²) in [4.78, 5) is 14.7. The number of ether oxygens (including phenoxy) is 1. The van der Waals surface area contributed by atoms with E-state index >= 15 is 0 Å². The molecule has 3 rings (SSSR count). The molecule has 0 spiro atoms. The van der Waals surface area contributed by atoms with Gasteiger partial charge in [0, 0.05) is 37.4 Å². The molecule has 2 heterocycles. The molecule has 0 saturated carbocycles. The van der Waals surface area contributed by atoms with Crippen LogP contribution in [-0.4, -0.2) is 35.2 Å². The van der Waals surface area contributed by atoms with Gasteiger partial charge in [-0.3, -0.25) is 10.1 Å². The maximum atomic E-state index is 10.9. The zero-order chi connectivity index (χ0) is 19.3. The maximum absolute atomic E-state index is 10.9. The van der Waals surface area contributed by atoms with E-state index in [-0.39, 0.29) is 17.3 Å². The van der Waals surface area contributed by atoms with E-state index in [1.165, 1.54) is 11.8 Å². The molecule has 0 bridgehead atoms. The summed E-state index contributed by atoms with van der Waals surface area (Å²) in [6.45, 7) is 6.10. The number of aryl methyl sites for hydroxylation is 1. The summed E-state index contributed by atoms with van der Waals surface area (Å²) in [5, 5.41) is 18.1. The number of rotatable bonds is 7. The monoisotopic (exact) mass is 370 g/mol. The molecule has 0 aliphatic carbocycles. The van der Waals surface area contributed by atoms with Crippen molar-refractivity contribution in [3.63, 3.8) is 0 Å². The van der Waals surface area contributed by atoms with E-state index in [9.17, 15) is 10.1 Å². The number of anilines is 1. The second kappa shape index (κ2) is 8.45. The van der Waals surface area contributed by atoms with E-state index < -0.39 is 4.92 Å². The highest BCUT2D eigenvalue weighted by Crippen LogP contribution is 2.27. The predicted octanol–water partition coefficient (Wildman–Crippen LogP) is 3.61. The van der Waals surface area contributed by atoms with E-state index in [4.69, 9.17) is 4.74 Å². The van der Waals surface area contributed by atoms with Crippen molar-refractivity contribution in [1.82, 2.24) is 10.3 Å². The van der Waals surface area contributed by atoms with Gasteiger partial charge in [-0.2, -0.15) is 0 Å². The molecule has 1 fully saturated rings. The zero-order valence-corrected chi connectivity index (χ0v) is 15.8. The summed E-state index contributed by atoms with van der Waals surface area (Å²) in [7, 11) is 0. The number of benzene rings is 1. The van der Waals surface area contributed by atoms with Gasteiger partial charge in [-0.25, -0.2) is 4.98 Å². The molecule has 1 aromatic carbocycles. The maximum Gasteiger partial charge on any atom is 0.287 e. The Hall–Kier alpha value is -2.51. The van der Waals surface area contributed by atoms with Crippen molar-refractivity contribution >= 4 is 11.5 Å². The van der Waals surface area contributed by atoms with Crippen molar-refractivity contribution in [2.75, 3.05) is 25.1 Å². The second-order valence-corrected chi connectivity index (χ2v) is 7.14. The van der Waals surface area contributed by atoms with Crippen LogP contribution in [0.5, 0.6) is 0 Å². The first-order valence-corrected chi connectivity index (χ1v) is 9.24. The normalized spacial score (nSPS) is 17.3. The summed E-state index contributed by atoms with van der Waals surface area (Å²) in [6, 6.07) is 12.1. The lowest BCUT2D eigenvalue weighted by molar-refractivity contribution is -0.385. The Morgan fingerprint density at radius 2 is 2.00 bits per heavy atom. The van der Waals surface area contributed by atoms with Crippen LogP contribution >= 0.6 is 0 Å². The Labute approximate surface area is 159 Å². The van der Waals surface area contributed by atoms with Gasteiger partial charge in [0.2, 0.25) is 0 Å². The Morgan fingerprint density at radius 3 is 2.63 bits per heavy atom. The molecule has 27 heavy (non-hydrogen) atoms. The summed E-state index contributed by atoms with van der Waals surface area (Å²) in [5.74, 6) is 0.681. The van der Waals surface area contributed by atoms with Gasteiger partial charge in [-0.05, 0) is 37.8 Å². The number of nitrogens with one attached hydrogen (secondary N) is 2. The highest BCUT2D eigenvalue weighted by atomic mass is 16.6. The number of hydrogen-bond acceptors (Lipinski definition) is 6. The fraction of sp³-hybridized carbons (Fsp3) is 0.450. The third kappa shape index (κ3) is 4.81. The molecule has 0 radical (unpaired) electrons. The largest absolute Gasteiger partial charge is 0.381 e. The summed E-state index contributed by atoms with van der Waals surface area (Å²) < 4.78 is 5.57. The van der Waals surface area contributed by atoms with Gasteiger partial charge in [-0.15, -0.1) is 0 Å². The fourth-order valence-electron chi connectivity index (χ4n) is 3.52. The van der Waals surface area contributed by atoms with E-state index in [2.05, 4.69) is 34.7 Å². The summed E-state index contributed by atoms with van der Waals surface area (Å²) in [6.07, 6.45) is 3.08. The van der Waals surface area contributed by atoms with Crippen molar-refractivity contribution in [1.29, 1.82) is 0 Å². The minimum absolute atomic E-state index is 0.00894. The number of hydrogen-bond donors (Lipinski definition) is 2. The molecule has 1 atom stereocenters. The van der Waals surface area contributed by atoms with Gasteiger partial charge >= 0.3 is 0 Å². The molecule has 7 nitrogen and oxygen atoms in total. The number of nitro groups is 1. The van der Waals surface area contributed by atoms with Crippen LogP contribution in [0.15, 0.2) is 42.6 Å². The molecular formula is C20H26N4O3. The van der Waals surface area contributed by atoms with Crippen LogP contribution < -0.4 is 10.6 Å². The van der Waals surface area contributed by atoms with Crippen LogP contribution in [0.25, 0.3) is 0 Å². The van der Waals surface area contributed by atoms with Crippen molar-refractivity contribution in [2.45, 2.75) is 38.3 Å². The second-order valence-electron chi connectivity index (χ2n) is 7.14. The smallest absolute Gasteiger partial charge is 0.287 e. The molecule has 1 unspecified atom stereocenters. The Morgan fingerprint density at radius 1 is 1.30 bits per heavy atom. The zero-order valence-electron chi connectivity index (χ0n) is 15.8. The van der Waals surface area contributed by atoms with Gasteiger partial charge in [0.05, 0.1) is 4.92 Å². The number of nitrogens with zero attached hydrogens (tertiary/aromatic N) is 2. The van der Waals surface area contributed by atoms with Crippen LogP contribution in [-0.2, 0) is 4.74 Å². The van der Waals surface area contributed by atoms with Gasteiger partial charge in [0.1, 0.15) is 12.0 Å². The van der Waals surface area contributed by atoms with Crippen molar-refractivity contribution < 1.29 is 9.66 Å². The predicted molar refractivity (Wildman–Crippen MR) is 105 cm³/mol. The van der Waals surface area contributed by atoms with Gasteiger partial charge < -0.3 is 15.4 Å². The van der Waals surface area contributed by atoms with E-state index in [0.29, 0.717) is 25.6 Å². The first-order chi connectivity index (χ1) is 13.0. The lowest BCUT2D eigenvalue weighted by atomic mass is 9.88. The van der Waals surface area contributed by atoms with E-state index in [1.54, 1.807) is 6.07 Å². The lowest BCUT2D eigenvalue weighted by Gasteiger charge is -2.41. The van der Waals surface area contributed by atoms with Crippen molar-refractivity contribution in [3.05, 3.63) is 63.8 Å². The summed E-state index contributed by atoms with van der Waals surface area (Å²) >= 11 is 0. The van der Waals surface area contributed by atoms with Gasteiger partial charge in [-0.1, -0.05) is 30.3 Å². The summed E-state index contributed by atoms with van der Waals surface area (Å²) in [5.41, 5.74) is 1.90. The Bertz CT molecular complexity index is 776. The highest BCUT2D eigenvalue weighted by Gasteiger charge is 2.34. The molecular weight excluding hydrogens is 344 g/mol. The Balaban J connectivity index is 1.72. The fourth-order valence-corrected chi connectivity index (χ4v) is 3.52. The minimum Gasteiger partial charge on any atom is -0.381 e. The molecule has 1 saturated heterocycles. The van der Waals surface area contributed by atoms with Crippen molar-refractivity contribution in [2.24, 2.45) is 0 Å². The molecule has 7 heteroatoms. The first-order valence-electron chi connectivity index (χ1n) is 9.24. The van der Waals surface area contributed by atoms with Crippen LogP contribution in [0.4, 0.5) is 11.5 Å². The van der Waals surface area contributed by atoms with E-state index in [1.807, 2.05) is 25.1 Å². The molecule has 2 N–H and O–H groups in total. The third-order valence-corrected chi connectivity index (χ3v) is 5.14. The lowest BCUT2D eigenvalue weighted by Crippen LogP contribution is -2.54. The van der Waals surface area contributed by atoms with E-state index in [0.717, 1.165) is 18.4 Å². The van der Waals surface area contributed by atoms with Crippen LogP contribution in [0, 0.1) is 17.0 Å². The van der Waals surface area contributed by atoms with Crippen molar-refractivity contribution in [3.8, 4) is 0 Å². The average Bonchev–Trinajstić information content (AvgIpc) is 2.68. The topological polar surface area (TPSA) is 89.3 Å². The molecule has 1 aromatic heterocycles. The average molecular weight is 370 g/mol. The first kappa shape index (κ1) is 19.3. The van der Waals surface area contributed by atoms with Gasteiger partial charge in [0.15, 0.2) is 0 Å². The SMILES string of the molecule is Cc1cc([N+](=O)[O-])cnc1NCC1(NC(C)c2ccccc2)CCOCC1. The van der Waals surface area contributed by atoms with Crippen LogP contribution in [0.2, 0.25) is 0 Å². The standard InChI is InChI=1S/C20H26N4O3/c1-15-12-18(24(25)26)13-21-19(15)22-14-20(8-10-27-11-9-20)23-16(2)17-6-4-3-5-7-17/h3-7,12-13,16,23H,8-11,14H2,1-2H3,(H,21,22). The number of aromatic nitrogens is 1. The molecule has 1 aliphatic heterocycles. The van der Waals surface area contributed by atoms with Crippen LogP contribution in [0.1, 0.15) is 36.9 Å². The Kier molecular flexibility index (Phi) is 6.03. The third-order valence-electron chi connectivity index (χ3n) is 5.14. The molecule has 0 amide bonds. The number of pyridine rings is 1. The van der Waals surface area contributed by atoms with Crippen LogP contribution in [0.3, 0.4) is 0 Å².